The van der Waals surface area contributed by atoms with Crippen molar-refractivity contribution < 1.29 is 8.42 Å². The molecule has 0 spiro atoms. The summed E-state index contributed by atoms with van der Waals surface area (Å²) in [5.41, 5.74) is 0. The van der Waals surface area contributed by atoms with Gasteiger partial charge in [-0.05, 0) is 19.3 Å². The van der Waals surface area contributed by atoms with Crippen LogP contribution in [0, 0.1) is 0 Å². The topological polar surface area (TPSA) is 66.1 Å². The van der Waals surface area contributed by atoms with E-state index in [9.17, 15) is 8.42 Å². The average Bonchev–Trinajstić information content (AvgIpc) is 2.86. The van der Waals surface area contributed by atoms with Crippen molar-refractivity contribution in [2.24, 2.45) is 0 Å². The largest absolute Gasteiger partial charge is 0.335 e. The van der Waals surface area contributed by atoms with Gasteiger partial charge < -0.3 is 4.98 Å². The molecule has 2 rings (SSSR count). The van der Waals surface area contributed by atoms with Gasteiger partial charge in [0.1, 0.15) is 0 Å². The van der Waals surface area contributed by atoms with Crippen molar-refractivity contribution in [1.82, 2.24) is 14.3 Å². The first-order chi connectivity index (χ1) is 7.16. The fourth-order valence-corrected chi connectivity index (χ4v) is 3.27. The van der Waals surface area contributed by atoms with Crippen LogP contribution in [0.15, 0.2) is 17.6 Å². The average molecular weight is 229 g/mol. The van der Waals surface area contributed by atoms with E-state index in [1.54, 1.807) is 4.31 Å². The summed E-state index contributed by atoms with van der Waals surface area (Å²) in [6, 6.07) is 0.207. The Hall–Kier alpha value is -0.880. The molecule has 15 heavy (non-hydrogen) atoms. The lowest BCUT2D eigenvalue weighted by Crippen LogP contribution is -2.34. The van der Waals surface area contributed by atoms with Gasteiger partial charge in [-0.2, -0.15) is 4.31 Å². The first-order valence-electron chi connectivity index (χ1n) is 5.16. The Bertz CT molecular complexity index is 409. The van der Waals surface area contributed by atoms with Crippen LogP contribution in [0.1, 0.15) is 26.2 Å². The number of aromatic nitrogens is 2. The molecule has 0 saturated heterocycles. The standard InChI is InChI=1S/C9H15N3O2S/c1-2-5-12(8-3-4-8)15(13,14)9-6-10-7-11-9/h6-8H,2-5H2,1H3,(H,10,11). The van der Waals surface area contributed by atoms with Crippen LogP contribution in [-0.4, -0.2) is 35.3 Å². The number of hydrogen-bond donors (Lipinski definition) is 1. The molecule has 0 bridgehead atoms. The van der Waals surface area contributed by atoms with E-state index in [1.807, 2.05) is 6.92 Å². The van der Waals surface area contributed by atoms with Crippen molar-refractivity contribution in [2.45, 2.75) is 37.3 Å². The Morgan fingerprint density at radius 2 is 2.33 bits per heavy atom. The highest BCUT2D eigenvalue weighted by Gasteiger charge is 2.37. The number of sulfonamides is 1. The number of hydrogen-bond acceptors (Lipinski definition) is 3. The Morgan fingerprint density at radius 3 is 2.80 bits per heavy atom. The van der Waals surface area contributed by atoms with Gasteiger partial charge in [-0.1, -0.05) is 6.92 Å². The van der Waals surface area contributed by atoms with Gasteiger partial charge in [0, 0.05) is 12.6 Å². The molecular formula is C9H15N3O2S. The first kappa shape index (κ1) is 10.6. The molecule has 0 atom stereocenters. The number of rotatable bonds is 5. The summed E-state index contributed by atoms with van der Waals surface area (Å²) in [6.07, 6.45) is 5.55. The third kappa shape index (κ3) is 2.05. The Kier molecular flexibility index (Phi) is 2.79. The predicted octanol–water partition coefficient (Wildman–Crippen LogP) is 0.973. The van der Waals surface area contributed by atoms with Crippen LogP contribution in [0.25, 0.3) is 0 Å². The molecule has 0 radical (unpaired) electrons. The summed E-state index contributed by atoms with van der Waals surface area (Å²) < 4.78 is 25.8. The zero-order valence-corrected chi connectivity index (χ0v) is 9.50. The second-order valence-electron chi connectivity index (χ2n) is 3.76. The highest BCUT2D eigenvalue weighted by molar-refractivity contribution is 7.89. The van der Waals surface area contributed by atoms with E-state index in [0.29, 0.717) is 6.54 Å². The summed E-state index contributed by atoms with van der Waals surface area (Å²) in [6.45, 7) is 2.57. The molecule has 1 heterocycles. The fraction of sp³-hybridized carbons (Fsp3) is 0.667. The molecule has 0 unspecified atom stereocenters. The van der Waals surface area contributed by atoms with E-state index in [0.717, 1.165) is 19.3 Å². The maximum Gasteiger partial charge on any atom is 0.260 e. The molecule has 0 aromatic carbocycles. The zero-order valence-electron chi connectivity index (χ0n) is 8.68. The Morgan fingerprint density at radius 1 is 1.60 bits per heavy atom. The fourth-order valence-electron chi connectivity index (χ4n) is 1.59. The van der Waals surface area contributed by atoms with Crippen LogP contribution in [0.2, 0.25) is 0 Å². The number of nitrogens with one attached hydrogen (secondary N) is 1. The van der Waals surface area contributed by atoms with Gasteiger partial charge in [0.15, 0.2) is 5.03 Å². The third-order valence-electron chi connectivity index (χ3n) is 2.46. The Balaban J connectivity index is 2.26. The molecule has 84 valence electrons. The van der Waals surface area contributed by atoms with Crippen LogP contribution in [0.3, 0.4) is 0 Å². The molecule has 1 aliphatic carbocycles. The summed E-state index contributed by atoms with van der Waals surface area (Å²) in [7, 11) is -3.34. The number of H-pyrrole nitrogens is 1. The van der Waals surface area contributed by atoms with E-state index >= 15 is 0 Å². The molecule has 6 heteroatoms. The van der Waals surface area contributed by atoms with Crippen LogP contribution in [0.4, 0.5) is 0 Å². The maximum atomic E-state index is 12.1. The molecule has 0 amide bonds. The summed E-state index contributed by atoms with van der Waals surface area (Å²) in [4.78, 5) is 6.41. The summed E-state index contributed by atoms with van der Waals surface area (Å²) in [5, 5.41) is 0.197. The highest BCUT2D eigenvalue weighted by atomic mass is 32.2. The second kappa shape index (κ2) is 3.94. The minimum atomic E-state index is -3.34. The van der Waals surface area contributed by atoms with Crippen molar-refractivity contribution in [3.63, 3.8) is 0 Å². The molecule has 1 aromatic heterocycles. The van der Waals surface area contributed by atoms with E-state index < -0.39 is 10.0 Å². The lowest BCUT2D eigenvalue weighted by molar-refractivity contribution is 0.401. The molecule has 1 N–H and O–H groups in total. The molecule has 0 aliphatic heterocycles. The lowest BCUT2D eigenvalue weighted by atomic mass is 10.5. The van der Waals surface area contributed by atoms with Crippen LogP contribution >= 0.6 is 0 Å². The minimum absolute atomic E-state index is 0.197. The van der Waals surface area contributed by atoms with E-state index in [2.05, 4.69) is 9.97 Å². The van der Waals surface area contributed by atoms with E-state index in [4.69, 9.17) is 0 Å². The smallest absolute Gasteiger partial charge is 0.260 e. The van der Waals surface area contributed by atoms with Crippen molar-refractivity contribution >= 4 is 10.0 Å². The number of imidazole rings is 1. The molecular weight excluding hydrogens is 214 g/mol. The van der Waals surface area contributed by atoms with Crippen LogP contribution in [0.5, 0.6) is 0 Å². The van der Waals surface area contributed by atoms with Gasteiger partial charge in [-0.15, -0.1) is 0 Å². The molecule has 5 nitrogen and oxygen atoms in total. The monoisotopic (exact) mass is 229 g/mol. The first-order valence-corrected chi connectivity index (χ1v) is 6.60. The number of nitrogens with zero attached hydrogens (tertiary/aromatic N) is 2. The molecule has 1 fully saturated rings. The summed E-state index contributed by atoms with van der Waals surface area (Å²) >= 11 is 0. The van der Waals surface area contributed by atoms with Crippen molar-refractivity contribution in [1.29, 1.82) is 0 Å². The van der Waals surface area contributed by atoms with E-state index in [1.165, 1.54) is 12.5 Å². The Labute approximate surface area is 89.6 Å². The van der Waals surface area contributed by atoms with Gasteiger partial charge in [0.25, 0.3) is 10.0 Å². The quantitative estimate of drug-likeness (QED) is 0.818. The molecule has 1 aromatic rings. The third-order valence-corrected chi connectivity index (χ3v) is 4.34. The lowest BCUT2D eigenvalue weighted by Gasteiger charge is -2.19. The van der Waals surface area contributed by atoms with Crippen molar-refractivity contribution in [2.75, 3.05) is 6.54 Å². The highest BCUT2D eigenvalue weighted by Crippen LogP contribution is 2.31. The minimum Gasteiger partial charge on any atom is -0.335 e. The van der Waals surface area contributed by atoms with Crippen molar-refractivity contribution in [3.8, 4) is 0 Å². The van der Waals surface area contributed by atoms with Gasteiger partial charge in [0.2, 0.25) is 0 Å². The number of aromatic amines is 1. The van der Waals surface area contributed by atoms with Gasteiger partial charge in [0.05, 0.1) is 12.5 Å². The van der Waals surface area contributed by atoms with Crippen LogP contribution in [-0.2, 0) is 10.0 Å². The zero-order chi connectivity index (χ0) is 10.9. The summed E-state index contributed by atoms with van der Waals surface area (Å²) in [5.74, 6) is 0. The SMILES string of the molecule is CCCN(C1CC1)S(=O)(=O)c1cnc[nH]1. The van der Waals surface area contributed by atoms with E-state index in [-0.39, 0.29) is 11.1 Å². The molecule has 1 aliphatic rings. The normalized spacial score (nSPS) is 17.2. The van der Waals surface area contributed by atoms with Crippen molar-refractivity contribution in [3.05, 3.63) is 12.5 Å². The molecule has 1 saturated carbocycles. The van der Waals surface area contributed by atoms with Gasteiger partial charge >= 0.3 is 0 Å². The van der Waals surface area contributed by atoms with Crippen LogP contribution < -0.4 is 0 Å². The second-order valence-corrected chi connectivity index (χ2v) is 5.62. The van der Waals surface area contributed by atoms with Gasteiger partial charge in [-0.25, -0.2) is 13.4 Å². The maximum absolute atomic E-state index is 12.1. The van der Waals surface area contributed by atoms with Gasteiger partial charge in [-0.3, -0.25) is 0 Å². The predicted molar refractivity (Wildman–Crippen MR) is 55.8 cm³/mol.